The van der Waals surface area contributed by atoms with Crippen molar-refractivity contribution < 1.29 is 28.6 Å². The second kappa shape index (κ2) is 9.12. The van der Waals surface area contributed by atoms with Gasteiger partial charge in [-0.2, -0.15) is 0 Å². The van der Waals surface area contributed by atoms with E-state index in [9.17, 15) is 14.4 Å². The van der Waals surface area contributed by atoms with Gasteiger partial charge < -0.3 is 14.2 Å². The molecule has 0 aromatic carbocycles. The summed E-state index contributed by atoms with van der Waals surface area (Å²) in [6.07, 6.45) is 0.420. The Balaban J connectivity index is 5.01. The van der Waals surface area contributed by atoms with Gasteiger partial charge in [0.15, 0.2) is 0 Å². The second-order valence-electron chi connectivity index (χ2n) is 6.12. The minimum atomic E-state index is -0.642. The standard InChI is InChI=1S/C15H25BrO6/c1-9(12(17)20-5)7-10(8-11(16)14(19)21-6)13(18)22-15(2,3)4/h9-11H,7-8H2,1-6H3. The van der Waals surface area contributed by atoms with Gasteiger partial charge in [0.1, 0.15) is 10.4 Å². The van der Waals surface area contributed by atoms with Gasteiger partial charge in [0.25, 0.3) is 0 Å². The van der Waals surface area contributed by atoms with Crippen LogP contribution in [-0.4, -0.2) is 42.6 Å². The Morgan fingerprint density at radius 2 is 1.45 bits per heavy atom. The van der Waals surface area contributed by atoms with Gasteiger partial charge in [-0.05, 0) is 33.6 Å². The van der Waals surface area contributed by atoms with E-state index in [2.05, 4.69) is 25.4 Å². The van der Waals surface area contributed by atoms with Crippen molar-refractivity contribution in [2.45, 2.75) is 51.0 Å². The molecule has 3 atom stereocenters. The highest BCUT2D eigenvalue weighted by Crippen LogP contribution is 2.25. The van der Waals surface area contributed by atoms with Crippen LogP contribution in [0.4, 0.5) is 0 Å². The van der Waals surface area contributed by atoms with Crippen LogP contribution in [0.25, 0.3) is 0 Å². The second-order valence-corrected chi connectivity index (χ2v) is 7.22. The van der Waals surface area contributed by atoms with Gasteiger partial charge in [-0.25, -0.2) is 0 Å². The van der Waals surface area contributed by atoms with Crippen molar-refractivity contribution in [3.63, 3.8) is 0 Å². The first-order valence-electron chi connectivity index (χ1n) is 7.04. The molecule has 0 N–H and O–H groups in total. The number of halogens is 1. The maximum atomic E-state index is 12.3. The molecule has 0 rings (SSSR count). The average molecular weight is 381 g/mol. The van der Waals surface area contributed by atoms with E-state index in [4.69, 9.17) is 4.74 Å². The van der Waals surface area contributed by atoms with Gasteiger partial charge >= 0.3 is 17.9 Å². The number of hydrogen-bond donors (Lipinski definition) is 0. The van der Waals surface area contributed by atoms with E-state index < -0.39 is 40.2 Å². The zero-order valence-corrected chi connectivity index (χ0v) is 15.6. The van der Waals surface area contributed by atoms with Gasteiger partial charge in [0, 0.05) is 0 Å². The highest BCUT2D eigenvalue weighted by molar-refractivity contribution is 9.10. The molecule has 6 nitrogen and oxygen atoms in total. The zero-order valence-electron chi connectivity index (χ0n) is 14.0. The van der Waals surface area contributed by atoms with Crippen molar-refractivity contribution in [3.8, 4) is 0 Å². The van der Waals surface area contributed by atoms with Gasteiger partial charge in [0.2, 0.25) is 0 Å². The Hall–Kier alpha value is -1.11. The van der Waals surface area contributed by atoms with E-state index in [0.29, 0.717) is 0 Å². The fourth-order valence-electron chi connectivity index (χ4n) is 1.87. The molecule has 0 aliphatic rings. The number of methoxy groups -OCH3 is 2. The molecule has 0 aliphatic carbocycles. The first kappa shape index (κ1) is 20.9. The van der Waals surface area contributed by atoms with Crippen molar-refractivity contribution in [2.75, 3.05) is 14.2 Å². The van der Waals surface area contributed by atoms with Crippen LogP contribution in [-0.2, 0) is 28.6 Å². The summed E-state index contributed by atoms with van der Waals surface area (Å²) in [5.41, 5.74) is -0.642. The molecule has 0 fully saturated rings. The van der Waals surface area contributed by atoms with Crippen molar-refractivity contribution in [2.24, 2.45) is 11.8 Å². The third kappa shape index (κ3) is 7.77. The highest BCUT2D eigenvalue weighted by Gasteiger charge is 2.32. The van der Waals surface area contributed by atoms with Crippen molar-refractivity contribution in [1.29, 1.82) is 0 Å². The Bertz CT molecular complexity index is 377. The molecule has 0 aliphatic heterocycles. The lowest BCUT2D eigenvalue weighted by atomic mass is 9.91. The first-order chi connectivity index (χ1) is 10.0. The minimum Gasteiger partial charge on any atom is -0.469 e. The smallest absolute Gasteiger partial charge is 0.319 e. The number of alkyl halides is 1. The summed E-state index contributed by atoms with van der Waals surface area (Å²) in [7, 11) is 2.57. The molecule has 0 saturated carbocycles. The van der Waals surface area contributed by atoms with Crippen LogP contribution in [0.2, 0.25) is 0 Å². The largest absolute Gasteiger partial charge is 0.469 e. The topological polar surface area (TPSA) is 78.9 Å². The van der Waals surface area contributed by atoms with Gasteiger partial charge in [0.05, 0.1) is 26.1 Å². The van der Waals surface area contributed by atoms with E-state index in [0.717, 1.165) is 0 Å². The maximum absolute atomic E-state index is 12.3. The molecule has 0 heterocycles. The lowest BCUT2D eigenvalue weighted by Crippen LogP contribution is -2.33. The number of ether oxygens (including phenoxy) is 3. The molecule has 0 aromatic heterocycles. The average Bonchev–Trinajstić information content (AvgIpc) is 2.42. The molecule has 7 heteroatoms. The predicted molar refractivity (Wildman–Crippen MR) is 84.5 cm³/mol. The Labute approximate surface area is 140 Å². The van der Waals surface area contributed by atoms with E-state index in [-0.39, 0.29) is 12.8 Å². The summed E-state index contributed by atoms with van der Waals surface area (Å²) in [6, 6.07) is 0. The van der Waals surface area contributed by atoms with E-state index >= 15 is 0 Å². The fraction of sp³-hybridized carbons (Fsp3) is 0.800. The molecular formula is C15H25BrO6. The molecular weight excluding hydrogens is 356 g/mol. The molecule has 22 heavy (non-hydrogen) atoms. The van der Waals surface area contributed by atoms with Gasteiger partial charge in [-0.1, -0.05) is 22.9 Å². The van der Waals surface area contributed by atoms with Crippen molar-refractivity contribution in [1.82, 2.24) is 0 Å². The van der Waals surface area contributed by atoms with E-state index in [1.165, 1.54) is 14.2 Å². The lowest BCUT2D eigenvalue weighted by molar-refractivity contribution is -0.161. The minimum absolute atomic E-state index is 0.183. The van der Waals surface area contributed by atoms with Crippen molar-refractivity contribution >= 4 is 33.8 Å². The number of rotatable bonds is 7. The van der Waals surface area contributed by atoms with Gasteiger partial charge in [-0.3, -0.25) is 14.4 Å². The number of esters is 3. The normalized spacial score (nSPS) is 15.4. The van der Waals surface area contributed by atoms with E-state index in [1.54, 1.807) is 27.7 Å². The molecule has 0 saturated heterocycles. The lowest BCUT2D eigenvalue weighted by Gasteiger charge is -2.25. The van der Waals surface area contributed by atoms with Crippen LogP contribution in [0.3, 0.4) is 0 Å². The SMILES string of the molecule is COC(=O)C(C)CC(CC(Br)C(=O)OC)C(=O)OC(C)(C)C. The van der Waals surface area contributed by atoms with Gasteiger partial charge in [-0.15, -0.1) is 0 Å². The number of hydrogen-bond acceptors (Lipinski definition) is 6. The summed E-state index contributed by atoms with van der Waals surface area (Å²) in [4.78, 5) is 34.7. The molecule has 0 aromatic rings. The molecule has 0 radical (unpaired) electrons. The fourth-order valence-corrected chi connectivity index (χ4v) is 2.51. The number of carbonyl (C=O) groups excluding carboxylic acids is 3. The molecule has 3 unspecified atom stereocenters. The molecule has 0 spiro atoms. The third-order valence-corrected chi connectivity index (χ3v) is 3.68. The Kier molecular flexibility index (Phi) is 8.66. The first-order valence-corrected chi connectivity index (χ1v) is 7.96. The van der Waals surface area contributed by atoms with Crippen LogP contribution in [0.15, 0.2) is 0 Å². The predicted octanol–water partition coefficient (Wildman–Crippen LogP) is 2.47. The molecule has 128 valence electrons. The highest BCUT2D eigenvalue weighted by atomic mass is 79.9. The van der Waals surface area contributed by atoms with Crippen LogP contribution in [0, 0.1) is 11.8 Å². The van der Waals surface area contributed by atoms with Crippen LogP contribution < -0.4 is 0 Å². The zero-order chi connectivity index (χ0) is 17.5. The van der Waals surface area contributed by atoms with Crippen molar-refractivity contribution in [3.05, 3.63) is 0 Å². The summed E-state index contributed by atoms with van der Waals surface area (Å²) in [5.74, 6) is -2.41. The van der Waals surface area contributed by atoms with Crippen LogP contribution >= 0.6 is 15.9 Å². The summed E-state index contributed by atoms with van der Waals surface area (Å²) in [5, 5.41) is 0. The maximum Gasteiger partial charge on any atom is 0.319 e. The summed E-state index contributed by atoms with van der Waals surface area (Å²) < 4.78 is 14.7. The molecule has 0 bridgehead atoms. The Morgan fingerprint density at radius 3 is 1.86 bits per heavy atom. The number of carbonyl (C=O) groups is 3. The Morgan fingerprint density at radius 1 is 0.955 bits per heavy atom. The summed E-state index contributed by atoms with van der Waals surface area (Å²) >= 11 is 3.20. The van der Waals surface area contributed by atoms with E-state index in [1.807, 2.05) is 0 Å². The third-order valence-electron chi connectivity index (χ3n) is 2.93. The summed E-state index contributed by atoms with van der Waals surface area (Å²) in [6.45, 7) is 6.96. The quantitative estimate of drug-likeness (QED) is 0.383. The monoisotopic (exact) mass is 380 g/mol. The molecule has 0 amide bonds. The van der Waals surface area contributed by atoms with Crippen LogP contribution in [0.1, 0.15) is 40.5 Å². The van der Waals surface area contributed by atoms with Crippen LogP contribution in [0.5, 0.6) is 0 Å².